The molecule has 1 aliphatic rings. The average Bonchev–Trinajstić information content (AvgIpc) is 2.11. The zero-order valence-corrected chi connectivity index (χ0v) is 7.87. The topological polar surface area (TPSA) is 38.3 Å². The zero-order valence-electron chi connectivity index (χ0n) is 5.61. The van der Waals surface area contributed by atoms with Gasteiger partial charge in [0.2, 0.25) is 3.79 Å². The van der Waals surface area contributed by atoms with Crippen LogP contribution in [0, 0.1) is 0 Å². The number of carbonyl (C=O) groups is 1. The van der Waals surface area contributed by atoms with Crippen LogP contribution in [-0.4, -0.2) is 22.0 Å². The summed E-state index contributed by atoms with van der Waals surface area (Å²) >= 11 is 16.4. The number of rotatable bonds is 0. The van der Waals surface area contributed by atoms with Gasteiger partial charge in [0.05, 0.1) is 0 Å². The number of halogens is 3. The summed E-state index contributed by atoms with van der Waals surface area (Å²) in [5.41, 5.74) is 0. The molecule has 2 atom stereocenters. The first-order chi connectivity index (χ1) is 4.91. The van der Waals surface area contributed by atoms with Gasteiger partial charge in [0, 0.05) is 0 Å². The molecule has 1 heterocycles. The second-order valence-corrected chi connectivity index (χ2v) is 4.58. The number of alkyl halides is 3. The van der Waals surface area contributed by atoms with E-state index in [1.54, 1.807) is 6.92 Å². The fraction of sp³-hybridized carbons (Fsp3) is 0.800. The predicted octanol–water partition coefficient (Wildman–Crippen LogP) is 1.22. The van der Waals surface area contributed by atoms with E-state index in [1.807, 2.05) is 0 Å². The van der Waals surface area contributed by atoms with Gasteiger partial charge in [-0.15, -0.1) is 0 Å². The molecule has 3 nitrogen and oxygen atoms in total. The third-order valence-electron chi connectivity index (χ3n) is 1.28. The number of hydrogen-bond acceptors (Lipinski definition) is 2. The number of hydrogen-bond donors (Lipinski definition) is 1. The normalized spacial score (nSPS) is 32.2. The summed E-state index contributed by atoms with van der Waals surface area (Å²) in [5.74, 6) is -0.263. The molecule has 0 saturated carbocycles. The van der Waals surface area contributed by atoms with Gasteiger partial charge in [-0.2, -0.15) is 0 Å². The Morgan fingerprint density at radius 3 is 2.27 bits per heavy atom. The van der Waals surface area contributed by atoms with Crippen LogP contribution in [-0.2, 0) is 9.53 Å². The summed E-state index contributed by atoms with van der Waals surface area (Å²) in [7, 11) is 0. The first-order valence-electron chi connectivity index (χ1n) is 2.94. The van der Waals surface area contributed by atoms with Gasteiger partial charge in [-0.05, 0) is 6.92 Å². The standard InChI is InChI=1S/C5H6Cl3NO2/c1-2-3(10)9-4(11-2)5(6,7)8/h2,4H,1H3,(H,9,10)/t2-,4-/m1/s1. The van der Waals surface area contributed by atoms with Crippen molar-refractivity contribution in [3.63, 3.8) is 0 Å². The molecule has 64 valence electrons. The Morgan fingerprint density at radius 2 is 2.09 bits per heavy atom. The van der Waals surface area contributed by atoms with Crippen LogP contribution < -0.4 is 5.32 Å². The van der Waals surface area contributed by atoms with Gasteiger partial charge in [-0.1, -0.05) is 34.8 Å². The maximum atomic E-state index is 10.8. The molecule has 0 aromatic carbocycles. The highest BCUT2D eigenvalue weighted by Gasteiger charge is 2.42. The van der Waals surface area contributed by atoms with Crippen molar-refractivity contribution in [3.8, 4) is 0 Å². The summed E-state index contributed by atoms with van der Waals surface area (Å²) < 4.78 is 3.38. The molecule has 6 heteroatoms. The molecule has 11 heavy (non-hydrogen) atoms. The van der Waals surface area contributed by atoms with Crippen LogP contribution in [0.2, 0.25) is 0 Å². The molecule has 1 saturated heterocycles. The Kier molecular flexibility index (Phi) is 2.54. The van der Waals surface area contributed by atoms with E-state index in [4.69, 9.17) is 39.5 Å². The van der Waals surface area contributed by atoms with Gasteiger partial charge >= 0.3 is 0 Å². The van der Waals surface area contributed by atoms with Gasteiger partial charge in [0.15, 0.2) is 6.23 Å². The van der Waals surface area contributed by atoms with Crippen LogP contribution in [0.4, 0.5) is 0 Å². The molecule has 0 radical (unpaired) electrons. The van der Waals surface area contributed by atoms with Crippen molar-refractivity contribution in [2.75, 3.05) is 0 Å². The molecule has 1 aliphatic heterocycles. The Labute approximate surface area is 78.9 Å². The van der Waals surface area contributed by atoms with Crippen molar-refractivity contribution in [2.45, 2.75) is 23.0 Å². The molecule has 1 fully saturated rings. The van der Waals surface area contributed by atoms with E-state index in [9.17, 15) is 4.79 Å². The molecule has 1 amide bonds. The number of nitrogens with one attached hydrogen (secondary N) is 1. The molecular weight excluding hydrogens is 212 g/mol. The maximum Gasteiger partial charge on any atom is 0.251 e. The largest absolute Gasteiger partial charge is 0.341 e. The van der Waals surface area contributed by atoms with Gasteiger partial charge in [-0.3, -0.25) is 4.79 Å². The molecule has 1 N–H and O–H groups in total. The van der Waals surface area contributed by atoms with Crippen LogP contribution >= 0.6 is 34.8 Å². The Hall–Kier alpha value is 0.300. The van der Waals surface area contributed by atoms with Crippen LogP contribution in [0.3, 0.4) is 0 Å². The fourth-order valence-electron chi connectivity index (χ4n) is 0.705. The molecule has 0 bridgehead atoms. The molecule has 0 aliphatic carbocycles. The highest BCUT2D eigenvalue weighted by Crippen LogP contribution is 2.33. The Balaban J connectivity index is 2.61. The predicted molar refractivity (Wildman–Crippen MR) is 42.8 cm³/mol. The van der Waals surface area contributed by atoms with Crippen molar-refractivity contribution in [2.24, 2.45) is 0 Å². The van der Waals surface area contributed by atoms with Crippen molar-refractivity contribution < 1.29 is 9.53 Å². The highest BCUT2D eigenvalue weighted by atomic mass is 35.6. The summed E-state index contributed by atoms with van der Waals surface area (Å²) in [5, 5.41) is 2.39. The molecule has 0 unspecified atom stereocenters. The van der Waals surface area contributed by atoms with E-state index in [2.05, 4.69) is 5.32 Å². The molecule has 0 aromatic heterocycles. The SMILES string of the molecule is C[C@H]1O[C@H](C(Cl)(Cl)Cl)NC1=O. The lowest BCUT2D eigenvalue weighted by Gasteiger charge is -2.17. The second kappa shape index (κ2) is 2.98. The van der Waals surface area contributed by atoms with Gasteiger partial charge in [0.25, 0.3) is 5.91 Å². The van der Waals surface area contributed by atoms with E-state index in [0.29, 0.717) is 0 Å². The molecule has 0 aromatic rings. The van der Waals surface area contributed by atoms with Gasteiger partial charge in [0.1, 0.15) is 6.10 Å². The van der Waals surface area contributed by atoms with Crippen molar-refractivity contribution in [1.82, 2.24) is 5.32 Å². The Morgan fingerprint density at radius 1 is 1.55 bits per heavy atom. The molecule has 0 spiro atoms. The molecule has 1 rings (SSSR count). The highest BCUT2D eigenvalue weighted by molar-refractivity contribution is 6.68. The quantitative estimate of drug-likeness (QED) is 0.621. The minimum atomic E-state index is -1.60. The maximum absolute atomic E-state index is 10.8. The van der Waals surface area contributed by atoms with E-state index in [0.717, 1.165) is 0 Å². The minimum absolute atomic E-state index is 0.263. The minimum Gasteiger partial charge on any atom is -0.341 e. The first-order valence-corrected chi connectivity index (χ1v) is 4.07. The van der Waals surface area contributed by atoms with E-state index in [1.165, 1.54) is 0 Å². The molecular formula is C5H6Cl3NO2. The summed E-state index contributed by atoms with van der Waals surface area (Å²) in [6, 6.07) is 0. The third-order valence-corrected chi connectivity index (χ3v) is 1.87. The van der Waals surface area contributed by atoms with E-state index in [-0.39, 0.29) is 5.91 Å². The van der Waals surface area contributed by atoms with Crippen molar-refractivity contribution >= 4 is 40.7 Å². The fourth-order valence-corrected chi connectivity index (χ4v) is 1.02. The lowest BCUT2D eigenvalue weighted by Crippen LogP contribution is -2.37. The van der Waals surface area contributed by atoms with Crippen LogP contribution in [0.1, 0.15) is 6.92 Å². The summed E-state index contributed by atoms with van der Waals surface area (Å²) in [4.78, 5) is 10.8. The summed E-state index contributed by atoms with van der Waals surface area (Å²) in [6.45, 7) is 1.59. The average molecular weight is 218 g/mol. The van der Waals surface area contributed by atoms with Crippen LogP contribution in [0.15, 0.2) is 0 Å². The lowest BCUT2D eigenvalue weighted by atomic mass is 10.4. The number of amides is 1. The smallest absolute Gasteiger partial charge is 0.251 e. The number of ether oxygens (including phenoxy) is 1. The van der Waals surface area contributed by atoms with Crippen molar-refractivity contribution in [3.05, 3.63) is 0 Å². The van der Waals surface area contributed by atoms with Crippen LogP contribution in [0.5, 0.6) is 0 Å². The van der Waals surface area contributed by atoms with E-state index >= 15 is 0 Å². The van der Waals surface area contributed by atoms with Gasteiger partial charge in [-0.25, -0.2) is 0 Å². The third kappa shape index (κ3) is 2.12. The Bertz CT molecular complexity index is 179. The number of carbonyl (C=O) groups excluding carboxylic acids is 1. The monoisotopic (exact) mass is 217 g/mol. The van der Waals surface area contributed by atoms with Crippen molar-refractivity contribution in [1.29, 1.82) is 0 Å². The van der Waals surface area contributed by atoms with E-state index < -0.39 is 16.1 Å². The first kappa shape index (κ1) is 9.39. The zero-order chi connectivity index (χ0) is 8.65. The second-order valence-electron chi connectivity index (χ2n) is 2.21. The lowest BCUT2D eigenvalue weighted by molar-refractivity contribution is -0.122. The van der Waals surface area contributed by atoms with Crippen LogP contribution in [0.25, 0.3) is 0 Å². The van der Waals surface area contributed by atoms with Gasteiger partial charge < -0.3 is 10.1 Å². The summed E-state index contributed by atoms with van der Waals surface area (Å²) in [6.07, 6.45) is -1.38.